The van der Waals surface area contributed by atoms with Gasteiger partial charge in [-0.25, -0.2) is 8.42 Å². The van der Waals surface area contributed by atoms with Gasteiger partial charge in [-0.15, -0.1) is 0 Å². The lowest BCUT2D eigenvalue weighted by Gasteiger charge is -2.27. The number of nitrogen functional groups attached to an aromatic ring is 1. The Morgan fingerprint density at radius 3 is 2.12 bits per heavy atom. The van der Waals surface area contributed by atoms with Crippen LogP contribution in [0.2, 0.25) is 0 Å². The Hall–Kier alpha value is -1.85. The van der Waals surface area contributed by atoms with E-state index in [9.17, 15) is 8.42 Å². The Morgan fingerprint density at radius 1 is 0.923 bits per heavy atom. The van der Waals surface area contributed by atoms with Gasteiger partial charge in [-0.3, -0.25) is 0 Å². The summed E-state index contributed by atoms with van der Waals surface area (Å²) in [5, 5.41) is 0. The number of benzene rings is 2. The smallest absolute Gasteiger partial charge is 0.243 e. The third kappa shape index (κ3) is 5.85. The minimum Gasteiger partial charge on any atom is -0.399 e. The number of hydrogen-bond acceptors (Lipinski definition) is 3. The maximum atomic E-state index is 13.1. The second kappa shape index (κ2) is 9.19. The number of rotatable bonds is 9. The van der Waals surface area contributed by atoms with Crippen molar-refractivity contribution < 1.29 is 8.42 Å². The molecule has 1 atom stereocenters. The maximum Gasteiger partial charge on any atom is 0.243 e. The molecule has 2 aromatic carbocycles. The minimum atomic E-state index is -3.51. The summed E-state index contributed by atoms with van der Waals surface area (Å²) in [6, 6.07) is 16.8. The van der Waals surface area contributed by atoms with Crippen LogP contribution in [0.3, 0.4) is 0 Å². The third-order valence-corrected chi connectivity index (χ3v) is 6.22. The minimum absolute atomic E-state index is 0.264. The fourth-order valence-corrected chi connectivity index (χ4v) is 4.69. The molecule has 0 amide bonds. The van der Waals surface area contributed by atoms with Crippen LogP contribution in [0.25, 0.3) is 0 Å². The third-order valence-electron chi connectivity index (χ3n) is 4.37. The monoisotopic (exact) mass is 374 g/mol. The van der Waals surface area contributed by atoms with Crippen molar-refractivity contribution in [1.82, 2.24) is 4.31 Å². The van der Waals surface area contributed by atoms with Crippen LogP contribution in [0.15, 0.2) is 59.5 Å². The van der Waals surface area contributed by atoms with Gasteiger partial charge in [-0.05, 0) is 54.5 Å². The van der Waals surface area contributed by atoms with Gasteiger partial charge in [0.1, 0.15) is 0 Å². The second-order valence-electron chi connectivity index (χ2n) is 7.41. The number of sulfonamides is 1. The quantitative estimate of drug-likeness (QED) is 0.670. The van der Waals surface area contributed by atoms with Gasteiger partial charge in [0.05, 0.1) is 4.90 Å². The van der Waals surface area contributed by atoms with Crippen LogP contribution in [-0.2, 0) is 16.4 Å². The van der Waals surface area contributed by atoms with E-state index < -0.39 is 10.0 Å². The summed E-state index contributed by atoms with van der Waals surface area (Å²) in [6.45, 7) is 7.25. The zero-order chi connectivity index (χ0) is 19.2. The van der Waals surface area contributed by atoms with Gasteiger partial charge in [0, 0.05) is 18.8 Å². The molecule has 0 spiro atoms. The molecule has 0 aliphatic rings. The Kier molecular flexibility index (Phi) is 7.23. The van der Waals surface area contributed by atoms with Crippen molar-refractivity contribution in [1.29, 1.82) is 0 Å². The number of hydrogen-bond donors (Lipinski definition) is 1. The van der Waals surface area contributed by atoms with E-state index in [0.29, 0.717) is 23.7 Å². The van der Waals surface area contributed by atoms with Crippen molar-refractivity contribution in [2.45, 2.75) is 38.5 Å². The molecular weight excluding hydrogens is 344 g/mol. The first-order valence-electron chi connectivity index (χ1n) is 9.18. The summed E-state index contributed by atoms with van der Waals surface area (Å²) in [7, 11) is -3.51. The molecule has 0 radical (unpaired) electrons. The Balaban J connectivity index is 2.09. The molecule has 5 heteroatoms. The molecule has 0 unspecified atom stereocenters. The van der Waals surface area contributed by atoms with Gasteiger partial charge in [0.2, 0.25) is 10.0 Å². The molecule has 2 N–H and O–H groups in total. The fraction of sp³-hybridized carbons (Fsp3) is 0.429. The number of anilines is 1. The van der Waals surface area contributed by atoms with Crippen molar-refractivity contribution in [2.24, 2.45) is 11.8 Å². The molecule has 0 fully saturated rings. The Morgan fingerprint density at radius 2 is 1.54 bits per heavy atom. The summed E-state index contributed by atoms with van der Waals surface area (Å²) < 4.78 is 27.8. The average molecular weight is 375 g/mol. The lowest BCUT2D eigenvalue weighted by Crippen LogP contribution is -2.37. The number of aryl methyl sites for hydroxylation is 1. The predicted molar refractivity (Wildman–Crippen MR) is 108 cm³/mol. The lowest BCUT2D eigenvalue weighted by atomic mass is 10.0. The Labute approximate surface area is 158 Å². The molecule has 0 heterocycles. The van der Waals surface area contributed by atoms with Crippen LogP contribution in [0.4, 0.5) is 5.69 Å². The SMILES string of the molecule is CC(C)CN(C[C@@H](C)CCc1ccccc1)S(=O)(=O)c1ccc(N)cc1. The molecule has 4 nitrogen and oxygen atoms in total. The highest BCUT2D eigenvalue weighted by atomic mass is 32.2. The molecule has 0 aliphatic heterocycles. The molecule has 2 aromatic rings. The van der Waals surface area contributed by atoms with Crippen molar-refractivity contribution in [3.8, 4) is 0 Å². The highest BCUT2D eigenvalue weighted by Gasteiger charge is 2.26. The highest BCUT2D eigenvalue weighted by Crippen LogP contribution is 2.21. The molecular formula is C21H30N2O2S. The van der Waals surface area contributed by atoms with Gasteiger partial charge < -0.3 is 5.73 Å². The molecule has 2 rings (SSSR count). The zero-order valence-electron chi connectivity index (χ0n) is 15.9. The number of nitrogens with zero attached hydrogens (tertiary/aromatic N) is 1. The van der Waals surface area contributed by atoms with Crippen LogP contribution in [0.5, 0.6) is 0 Å². The molecule has 0 aliphatic carbocycles. The second-order valence-corrected chi connectivity index (χ2v) is 9.35. The van der Waals surface area contributed by atoms with E-state index >= 15 is 0 Å². The summed E-state index contributed by atoms with van der Waals surface area (Å²) in [6.07, 6.45) is 1.91. The first kappa shape index (κ1) is 20.5. The van der Waals surface area contributed by atoms with E-state index in [2.05, 4.69) is 19.1 Å². The van der Waals surface area contributed by atoms with Gasteiger partial charge in [0.25, 0.3) is 0 Å². The van der Waals surface area contributed by atoms with E-state index in [1.165, 1.54) is 5.56 Å². The van der Waals surface area contributed by atoms with Crippen molar-refractivity contribution in [3.05, 3.63) is 60.2 Å². The summed E-state index contributed by atoms with van der Waals surface area (Å²) >= 11 is 0. The predicted octanol–water partition coefficient (Wildman–Crippen LogP) is 4.18. The van der Waals surface area contributed by atoms with E-state index in [4.69, 9.17) is 5.73 Å². The van der Waals surface area contributed by atoms with E-state index in [-0.39, 0.29) is 11.8 Å². The zero-order valence-corrected chi connectivity index (χ0v) is 16.7. The molecule has 0 saturated carbocycles. The van der Waals surface area contributed by atoms with E-state index in [1.54, 1.807) is 28.6 Å². The molecule has 0 aromatic heterocycles. The first-order chi connectivity index (χ1) is 12.3. The standard InChI is InChI=1S/C21H30N2O2S/c1-17(2)15-23(26(24,25)21-13-11-20(22)12-14-21)16-18(3)9-10-19-7-5-4-6-8-19/h4-8,11-14,17-18H,9-10,15-16,22H2,1-3H3/t18-/m0/s1. The summed E-state index contributed by atoms with van der Waals surface area (Å²) in [5.41, 5.74) is 7.55. The van der Waals surface area contributed by atoms with E-state index in [0.717, 1.165) is 12.8 Å². The summed E-state index contributed by atoms with van der Waals surface area (Å²) in [4.78, 5) is 0.308. The molecule has 142 valence electrons. The van der Waals surface area contributed by atoms with Crippen LogP contribution < -0.4 is 5.73 Å². The average Bonchev–Trinajstić information content (AvgIpc) is 2.60. The normalized spacial score (nSPS) is 13.3. The van der Waals surface area contributed by atoms with Crippen LogP contribution >= 0.6 is 0 Å². The van der Waals surface area contributed by atoms with Gasteiger partial charge in [-0.2, -0.15) is 4.31 Å². The van der Waals surface area contributed by atoms with Crippen molar-refractivity contribution in [3.63, 3.8) is 0 Å². The topological polar surface area (TPSA) is 63.4 Å². The van der Waals surface area contributed by atoms with Gasteiger partial charge in [0.15, 0.2) is 0 Å². The van der Waals surface area contributed by atoms with Crippen LogP contribution in [-0.4, -0.2) is 25.8 Å². The van der Waals surface area contributed by atoms with Crippen LogP contribution in [0.1, 0.15) is 32.8 Å². The van der Waals surface area contributed by atoms with Crippen molar-refractivity contribution in [2.75, 3.05) is 18.8 Å². The maximum absolute atomic E-state index is 13.1. The van der Waals surface area contributed by atoms with Crippen molar-refractivity contribution >= 4 is 15.7 Å². The fourth-order valence-electron chi connectivity index (χ4n) is 2.96. The molecule has 26 heavy (non-hydrogen) atoms. The van der Waals surface area contributed by atoms with Gasteiger partial charge in [-0.1, -0.05) is 51.1 Å². The largest absolute Gasteiger partial charge is 0.399 e. The highest BCUT2D eigenvalue weighted by molar-refractivity contribution is 7.89. The van der Waals surface area contributed by atoms with Crippen LogP contribution in [0, 0.1) is 11.8 Å². The Bertz CT molecular complexity index is 771. The lowest BCUT2D eigenvalue weighted by molar-refractivity contribution is 0.316. The first-order valence-corrected chi connectivity index (χ1v) is 10.6. The van der Waals surface area contributed by atoms with E-state index in [1.807, 2.05) is 32.0 Å². The summed E-state index contributed by atoms with van der Waals surface area (Å²) in [5.74, 6) is 0.539. The van der Waals surface area contributed by atoms with Gasteiger partial charge >= 0.3 is 0 Å². The molecule has 0 bridgehead atoms. The molecule has 0 saturated heterocycles. The number of nitrogens with two attached hydrogens (primary N) is 1.